The van der Waals surface area contributed by atoms with Gasteiger partial charge in [-0.15, -0.1) is 0 Å². The number of rotatable bonds is 1. The minimum absolute atomic E-state index is 0.0391. The van der Waals surface area contributed by atoms with Gasteiger partial charge in [-0.25, -0.2) is 0 Å². The zero-order valence-electron chi connectivity index (χ0n) is 16.2. The molecule has 1 aliphatic heterocycles. The van der Waals surface area contributed by atoms with Crippen LogP contribution in [0.4, 0.5) is 0 Å². The van der Waals surface area contributed by atoms with Gasteiger partial charge in [-0.2, -0.15) is 0 Å². The lowest BCUT2D eigenvalue weighted by Crippen LogP contribution is -2.80. The molecule has 3 fully saturated rings. The van der Waals surface area contributed by atoms with Gasteiger partial charge in [-0.05, 0) is 37.0 Å². The molecular weight excluding hydrogens is 288 g/mol. The fourth-order valence-electron chi connectivity index (χ4n) is 5.79. The number of ether oxygens (including phenoxy) is 2. The first-order valence-electron chi connectivity index (χ1n) is 9.32. The van der Waals surface area contributed by atoms with Crippen molar-refractivity contribution in [3.63, 3.8) is 0 Å². The zero-order chi connectivity index (χ0) is 17.4. The molecule has 0 radical (unpaired) electrons. The second kappa shape index (κ2) is 4.74. The van der Waals surface area contributed by atoms with Crippen molar-refractivity contribution >= 4 is 5.97 Å². The maximum absolute atomic E-state index is 13.0. The van der Waals surface area contributed by atoms with Crippen LogP contribution in [0.5, 0.6) is 0 Å². The summed E-state index contributed by atoms with van der Waals surface area (Å²) in [7, 11) is 0. The van der Waals surface area contributed by atoms with Crippen LogP contribution in [0, 0.1) is 34.5 Å². The summed E-state index contributed by atoms with van der Waals surface area (Å²) in [4.78, 5) is 13.0. The molecule has 2 aliphatic carbocycles. The van der Waals surface area contributed by atoms with Gasteiger partial charge >= 0.3 is 5.97 Å². The van der Waals surface area contributed by atoms with Crippen LogP contribution in [-0.2, 0) is 14.3 Å². The fraction of sp³-hybridized carbons (Fsp3) is 0.950. The topological polar surface area (TPSA) is 35.5 Å². The Balaban J connectivity index is 2.02. The average Bonchev–Trinajstić information content (AvgIpc) is 2.35. The van der Waals surface area contributed by atoms with Crippen molar-refractivity contribution in [2.75, 3.05) is 0 Å². The molecule has 0 aromatic heterocycles. The van der Waals surface area contributed by atoms with Gasteiger partial charge in [-0.1, -0.05) is 48.5 Å². The van der Waals surface area contributed by atoms with E-state index in [0.717, 1.165) is 12.8 Å². The molecule has 3 aliphatic rings. The SMILES string of the molecule is CC1CCC(C(C)C)C2(C1)OC(=O)C1C(C)(C)C(C)(C)C1(C)O2. The first-order valence-corrected chi connectivity index (χ1v) is 9.32. The molecule has 5 unspecified atom stereocenters. The molecule has 3 heteroatoms. The summed E-state index contributed by atoms with van der Waals surface area (Å²) in [6, 6.07) is 0. The Morgan fingerprint density at radius 2 is 1.70 bits per heavy atom. The maximum atomic E-state index is 13.0. The van der Waals surface area contributed by atoms with Gasteiger partial charge in [-0.3, -0.25) is 4.79 Å². The van der Waals surface area contributed by atoms with Gasteiger partial charge in [0.1, 0.15) is 0 Å². The quantitative estimate of drug-likeness (QED) is 0.651. The maximum Gasteiger partial charge on any atom is 0.314 e. The molecule has 0 aromatic carbocycles. The lowest BCUT2D eigenvalue weighted by atomic mass is 9.38. The van der Waals surface area contributed by atoms with Crippen LogP contribution in [0.2, 0.25) is 0 Å². The first-order chi connectivity index (χ1) is 10.4. The van der Waals surface area contributed by atoms with Crippen molar-refractivity contribution in [3.05, 3.63) is 0 Å². The molecule has 1 heterocycles. The van der Waals surface area contributed by atoms with E-state index < -0.39 is 11.4 Å². The van der Waals surface area contributed by atoms with Crippen LogP contribution in [0.15, 0.2) is 0 Å². The second-order valence-electron chi connectivity index (χ2n) is 9.96. The average molecular weight is 322 g/mol. The summed E-state index contributed by atoms with van der Waals surface area (Å²) < 4.78 is 12.9. The highest BCUT2D eigenvalue weighted by molar-refractivity contribution is 5.78. The Labute approximate surface area is 141 Å². The van der Waals surface area contributed by atoms with E-state index in [2.05, 4.69) is 55.4 Å². The number of carbonyl (C=O) groups is 1. The lowest BCUT2D eigenvalue weighted by Gasteiger charge is -2.73. The number of hydrogen-bond donors (Lipinski definition) is 0. The van der Waals surface area contributed by atoms with Gasteiger partial charge in [0, 0.05) is 17.8 Å². The van der Waals surface area contributed by atoms with E-state index in [9.17, 15) is 4.79 Å². The Hall–Kier alpha value is -0.570. The second-order valence-corrected chi connectivity index (χ2v) is 9.96. The highest BCUT2D eigenvalue weighted by Gasteiger charge is 2.78. The van der Waals surface area contributed by atoms with Crippen molar-refractivity contribution in [1.82, 2.24) is 0 Å². The van der Waals surface area contributed by atoms with Gasteiger partial charge < -0.3 is 9.47 Å². The van der Waals surface area contributed by atoms with Gasteiger partial charge in [0.05, 0.1) is 11.5 Å². The molecule has 132 valence electrons. The van der Waals surface area contributed by atoms with E-state index in [1.54, 1.807) is 0 Å². The third-order valence-corrected chi connectivity index (χ3v) is 7.99. The van der Waals surface area contributed by atoms with Crippen LogP contribution in [0.3, 0.4) is 0 Å². The summed E-state index contributed by atoms with van der Waals surface area (Å²) in [5.74, 6) is 0.353. The van der Waals surface area contributed by atoms with E-state index in [1.807, 2.05) is 0 Å². The molecule has 0 bridgehead atoms. The molecule has 0 amide bonds. The molecule has 3 rings (SSSR count). The smallest absolute Gasteiger partial charge is 0.314 e. The molecular formula is C20H34O3. The van der Waals surface area contributed by atoms with Gasteiger partial charge in [0.2, 0.25) is 5.79 Å². The summed E-state index contributed by atoms with van der Waals surface area (Å²) in [5, 5.41) is 0. The van der Waals surface area contributed by atoms with E-state index in [1.165, 1.54) is 6.42 Å². The standard InChI is InChI=1S/C20H34O3/c1-12(2)14-10-9-13(3)11-20(14)22-16(21)15-17(4,5)18(6,7)19(15,8)23-20/h12-15H,9-11H2,1-8H3. The minimum Gasteiger partial charge on any atom is -0.432 e. The Kier molecular flexibility index (Phi) is 3.56. The lowest BCUT2D eigenvalue weighted by molar-refractivity contribution is -0.427. The molecule has 0 N–H and O–H groups in total. The fourth-order valence-corrected chi connectivity index (χ4v) is 5.79. The summed E-state index contributed by atoms with van der Waals surface area (Å²) >= 11 is 0. The Bertz CT molecular complexity index is 521. The van der Waals surface area contributed by atoms with Crippen LogP contribution in [0.25, 0.3) is 0 Å². The predicted molar refractivity (Wildman–Crippen MR) is 90.7 cm³/mol. The van der Waals surface area contributed by atoms with E-state index in [0.29, 0.717) is 17.8 Å². The number of hydrogen-bond acceptors (Lipinski definition) is 3. The first kappa shape index (κ1) is 17.3. The summed E-state index contributed by atoms with van der Waals surface area (Å²) in [6.45, 7) is 17.7. The van der Waals surface area contributed by atoms with E-state index >= 15 is 0 Å². The number of esters is 1. The van der Waals surface area contributed by atoms with E-state index in [4.69, 9.17) is 9.47 Å². The van der Waals surface area contributed by atoms with Crippen molar-refractivity contribution in [1.29, 1.82) is 0 Å². The predicted octanol–water partition coefficient (Wildman–Crippen LogP) is 4.79. The van der Waals surface area contributed by atoms with Crippen LogP contribution in [0.1, 0.15) is 74.7 Å². The van der Waals surface area contributed by atoms with Gasteiger partial charge in [0.15, 0.2) is 0 Å². The van der Waals surface area contributed by atoms with Crippen molar-refractivity contribution in [3.8, 4) is 0 Å². The normalized spacial score (nSPS) is 47.9. The highest BCUT2D eigenvalue weighted by Crippen LogP contribution is 2.71. The van der Waals surface area contributed by atoms with Crippen LogP contribution < -0.4 is 0 Å². The highest BCUT2D eigenvalue weighted by atomic mass is 16.7. The Morgan fingerprint density at radius 3 is 2.26 bits per heavy atom. The zero-order valence-corrected chi connectivity index (χ0v) is 16.2. The summed E-state index contributed by atoms with van der Waals surface area (Å²) in [5.41, 5.74) is -0.594. The third-order valence-electron chi connectivity index (χ3n) is 7.99. The molecule has 5 atom stereocenters. The minimum atomic E-state index is -0.720. The van der Waals surface area contributed by atoms with Crippen LogP contribution >= 0.6 is 0 Å². The van der Waals surface area contributed by atoms with Crippen molar-refractivity contribution in [2.24, 2.45) is 34.5 Å². The third kappa shape index (κ3) is 1.95. The molecule has 1 spiro atoms. The number of carbonyl (C=O) groups excluding carboxylic acids is 1. The van der Waals surface area contributed by atoms with Crippen molar-refractivity contribution < 1.29 is 14.3 Å². The summed E-state index contributed by atoms with van der Waals surface area (Å²) in [6.07, 6.45) is 3.11. The largest absolute Gasteiger partial charge is 0.432 e. The molecule has 23 heavy (non-hydrogen) atoms. The monoisotopic (exact) mass is 322 g/mol. The molecule has 1 saturated heterocycles. The van der Waals surface area contributed by atoms with E-state index in [-0.39, 0.29) is 22.7 Å². The number of fused-ring (bicyclic) bond motifs is 1. The molecule has 3 nitrogen and oxygen atoms in total. The van der Waals surface area contributed by atoms with Crippen LogP contribution in [-0.4, -0.2) is 17.4 Å². The Morgan fingerprint density at radius 1 is 1.09 bits per heavy atom. The molecule has 0 aromatic rings. The van der Waals surface area contributed by atoms with Crippen molar-refractivity contribution in [2.45, 2.75) is 86.0 Å². The van der Waals surface area contributed by atoms with Gasteiger partial charge in [0.25, 0.3) is 0 Å². The molecule has 2 saturated carbocycles.